The molecule has 0 aromatic heterocycles. The van der Waals surface area contributed by atoms with Gasteiger partial charge in [0.25, 0.3) is 0 Å². The number of hydrogen-bond donors (Lipinski definition) is 1. The topological polar surface area (TPSA) is 24.5 Å². The van der Waals surface area contributed by atoms with Gasteiger partial charge in [0, 0.05) is 29.2 Å². The lowest BCUT2D eigenvalue weighted by Crippen LogP contribution is -2.42. The zero-order chi connectivity index (χ0) is 14.0. The molecule has 0 saturated carbocycles. The van der Waals surface area contributed by atoms with Gasteiger partial charge in [-0.3, -0.25) is 0 Å². The summed E-state index contributed by atoms with van der Waals surface area (Å²) in [6.07, 6.45) is 2.34. The molecule has 0 amide bonds. The van der Waals surface area contributed by atoms with Gasteiger partial charge in [0.2, 0.25) is 0 Å². The van der Waals surface area contributed by atoms with E-state index in [9.17, 15) is 0 Å². The molecule has 106 valence electrons. The van der Waals surface area contributed by atoms with Gasteiger partial charge in [0.15, 0.2) is 0 Å². The number of hydrogen-bond acceptors (Lipinski definition) is 3. The molecule has 0 spiro atoms. The molecule has 1 N–H and O–H groups in total. The molecule has 1 aliphatic heterocycles. The molecular weight excluding hydrogens is 372 g/mol. The monoisotopic (exact) mass is 390 g/mol. The van der Waals surface area contributed by atoms with E-state index in [0.717, 1.165) is 26.9 Å². The van der Waals surface area contributed by atoms with Gasteiger partial charge in [-0.05, 0) is 64.7 Å². The van der Waals surface area contributed by atoms with Crippen molar-refractivity contribution in [3.63, 3.8) is 0 Å². The van der Waals surface area contributed by atoms with Crippen molar-refractivity contribution >= 4 is 37.5 Å². The van der Waals surface area contributed by atoms with Gasteiger partial charge in [-0.1, -0.05) is 0 Å². The highest BCUT2D eigenvalue weighted by Crippen LogP contribution is 2.35. The molecule has 0 radical (unpaired) electrons. The smallest absolute Gasteiger partial charge is 0.135 e. The van der Waals surface area contributed by atoms with Crippen molar-refractivity contribution < 1.29 is 4.74 Å². The minimum atomic E-state index is 0.522. The van der Waals surface area contributed by atoms with E-state index in [2.05, 4.69) is 56.0 Å². The predicted molar refractivity (Wildman–Crippen MR) is 87.1 cm³/mol. The SMILES string of the molecule is COc1cc(NC2CCN(C)C(C)C2)c(Br)cc1Br. The van der Waals surface area contributed by atoms with E-state index in [1.54, 1.807) is 7.11 Å². The number of likely N-dealkylation sites (tertiary alicyclic amines) is 1. The molecule has 1 fully saturated rings. The second-order valence-corrected chi connectivity index (χ2v) is 6.87. The van der Waals surface area contributed by atoms with E-state index >= 15 is 0 Å². The first-order valence-corrected chi connectivity index (χ1v) is 8.09. The molecule has 5 heteroatoms. The van der Waals surface area contributed by atoms with E-state index in [1.807, 2.05) is 12.1 Å². The Morgan fingerprint density at radius 3 is 2.68 bits per heavy atom. The fourth-order valence-electron chi connectivity index (χ4n) is 2.44. The Morgan fingerprint density at radius 1 is 1.32 bits per heavy atom. The normalized spacial score (nSPS) is 24.3. The Kier molecular flexibility index (Phi) is 5.15. The van der Waals surface area contributed by atoms with Crippen LogP contribution in [-0.4, -0.2) is 37.7 Å². The standard InChI is InChI=1S/C14H20Br2N2O/c1-9-6-10(4-5-18(9)2)17-13-8-14(19-3)12(16)7-11(13)15/h7-10,17H,4-6H2,1-3H3. The van der Waals surface area contributed by atoms with Crippen molar-refractivity contribution in [1.29, 1.82) is 0 Å². The summed E-state index contributed by atoms with van der Waals surface area (Å²) >= 11 is 7.10. The molecule has 2 atom stereocenters. The number of methoxy groups -OCH3 is 1. The molecule has 1 saturated heterocycles. The minimum Gasteiger partial charge on any atom is -0.495 e. The third-order valence-corrected chi connectivity index (χ3v) is 5.09. The van der Waals surface area contributed by atoms with Crippen LogP contribution in [0, 0.1) is 0 Å². The van der Waals surface area contributed by atoms with E-state index < -0.39 is 0 Å². The van der Waals surface area contributed by atoms with E-state index in [1.165, 1.54) is 12.8 Å². The number of rotatable bonds is 3. The molecule has 1 aromatic rings. The van der Waals surface area contributed by atoms with Crippen LogP contribution in [0.15, 0.2) is 21.1 Å². The number of ether oxygens (including phenoxy) is 1. The van der Waals surface area contributed by atoms with Crippen molar-refractivity contribution in [3.8, 4) is 5.75 Å². The van der Waals surface area contributed by atoms with Crippen LogP contribution >= 0.6 is 31.9 Å². The second-order valence-electron chi connectivity index (χ2n) is 5.16. The maximum Gasteiger partial charge on any atom is 0.135 e. The molecule has 2 unspecified atom stereocenters. The maximum atomic E-state index is 5.35. The lowest BCUT2D eigenvalue weighted by molar-refractivity contribution is 0.190. The van der Waals surface area contributed by atoms with Gasteiger partial charge in [-0.15, -0.1) is 0 Å². The predicted octanol–water partition coefficient (Wildman–Crippen LogP) is 4.11. The summed E-state index contributed by atoms with van der Waals surface area (Å²) < 4.78 is 7.38. The number of benzene rings is 1. The summed E-state index contributed by atoms with van der Waals surface area (Å²) in [5, 5.41) is 3.63. The van der Waals surface area contributed by atoms with Crippen molar-refractivity contribution in [2.45, 2.75) is 31.8 Å². The van der Waals surface area contributed by atoms with E-state index in [4.69, 9.17) is 4.74 Å². The molecule has 0 aliphatic carbocycles. The third-order valence-electron chi connectivity index (χ3n) is 3.81. The Labute approximate surface area is 132 Å². The zero-order valence-corrected chi connectivity index (χ0v) is 14.7. The first kappa shape index (κ1) is 15.1. The van der Waals surface area contributed by atoms with Crippen LogP contribution in [-0.2, 0) is 0 Å². The van der Waals surface area contributed by atoms with E-state index in [-0.39, 0.29) is 0 Å². The fraction of sp³-hybridized carbons (Fsp3) is 0.571. The first-order chi connectivity index (χ1) is 9.01. The molecule has 3 nitrogen and oxygen atoms in total. The highest BCUT2D eigenvalue weighted by Gasteiger charge is 2.23. The average Bonchev–Trinajstić information content (AvgIpc) is 2.37. The van der Waals surface area contributed by atoms with Gasteiger partial charge in [0.05, 0.1) is 17.3 Å². The highest BCUT2D eigenvalue weighted by atomic mass is 79.9. The van der Waals surface area contributed by atoms with Crippen molar-refractivity contribution in [1.82, 2.24) is 4.90 Å². The minimum absolute atomic E-state index is 0.522. The summed E-state index contributed by atoms with van der Waals surface area (Å²) in [6, 6.07) is 5.22. The van der Waals surface area contributed by atoms with Gasteiger partial charge in [-0.2, -0.15) is 0 Å². The quantitative estimate of drug-likeness (QED) is 0.838. The van der Waals surface area contributed by atoms with Crippen LogP contribution in [0.3, 0.4) is 0 Å². The van der Waals surface area contributed by atoms with Crippen LogP contribution in [0.1, 0.15) is 19.8 Å². The Balaban J connectivity index is 2.11. The van der Waals surface area contributed by atoms with Crippen LogP contribution in [0.4, 0.5) is 5.69 Å². The van der Waals surface area contributed by atoms with Crippen LogP contribution < -0.4 is 10.1 Å². The lowest BCUT2D eigenvalue weighted by atomic mass is 9.98. The van der Waals surface area contributed by atoms with Crippen molar-refractivity contribution in [2.24, 2.45) is 0 Å². The summed E-state index contributed by atoms with van der Waals surface area (Å²) in [5.74, 6) is 0.853. The van der Waals surface area contributed by atoms with Crippen LogP contribution in [0.25, 0.3) is 0 Å². The maximum absolute atomic E-state index is 5.35. The summed E-state index contributed by atoms with van der Waals surface area (Å²) in [6.45, 7) is 3.43. The second kappa shape index (κ2) is 6.46. The first-order valence-electron chi connectivity index (χ1n) is 6.51. The number of nitrogens with one attached hydrogen (secondary N) is 1. The Morgan fingerprint density at radius 2 is 2.05 bits per heavy atom. The average molecular weight is 392 g/mol. The van der Waals surface area contributed by atoms with Crippen LogP contribution in [0.5, 0.6) is 5.75 Å². The van der Waals surface area contributed by atoms with Gasteiger partial charge in [-0.25, -0.2) is 0 Å². The third kappa shape index (κ3) is 3.64. The lowest BCUT2D eigenvalue weighted by Gasteiger charge is -2.36. The summed E-state index contributed by atoms with van der Waals surface area (Å²) in [5.41, 5.74) is 1.10. The number of anilines is 1. The molecule has 19 heavy (non-hydrogen) atoms. The molecule has 1 aliphatic rings. The Hall–Kier alpha value is -0.260. The number of nitrogens with zero attached hydrogens (tertiary/aromatic N) is 1. The van der Waals surface area contributed by atoms with Gasteiger partial charge < -0.3 is 15.0 Å². The fourth-order valence-corrected chi connectivity index (χ4v) is 3.71. The zero-order valence-electron chi connectivity index (χ0n) is 11.5. The van der Waals surface area contributed by atoms with Crippen molar-refractivity contribution in [3.05, 3.63) is 21.1 Å². The molecule has 1 aromatic carbocycles. The van der Waals surface area contributed by atoms with Gasteiger partial charge >= 0.3 is 0 Å². The number of piperidine rings is 1. The highest BCUT2D eigenvalue weighted by molar-refractivity contribution is 9.11. The summed E-state index contributed by atoms with van der Waals surface area (Å²) in [4.78, 5) is 2.41. The molecule has 0 bridgehead atoms. The molecule has 2 rings (SSSR count). The van der Waals surface area contributed by atoms with Gasteiger partial charge in [0.1, 0.15) is 5.75 Å². The largest absolute Gasteiger partial charge is 0.495 e. The van der Waals surface area contributed by atoms with Crippen LogP contribution in [0.2, 0.25) is 0 Å². The number of halogens is 2. The molecular formula is C14H20Br2N2O. The Bertz CT molecular complexity index is 453. The summed E-state index contributed by atoms with van der Waals surface area (Å²) in [7, 11) is 3.88. The van der Waals surface area contributed by atoms with E-state index in [0.29, 0.717) is 12.1 Å². The van der Waals surface area contributed by atoms with Crippen molar-refractivity contribution in [2.75, 3.05) is 26.0 Å². The molecule has 1 heterocycles.